The fraction of sp³-hybridized carbons (Fsp3) is 0.473. The van der Waals surface area contributed by atoms with Gasteiger partial charge in [-0.3, -0.25) is 38.4 Å². The Morgan fingerprint density at radius 1 is 0.662 bits per heavy atom. The van der Waals surface area contributed by atoms with Crippen molar-refractivity contribution < 1.29 is 38.4 Å². The number of likely N-dealkylation sites (N-methyl/N-ethyl adjacent to an activating group) is 2. The summed E-state index contributed by atoms with van der Waals surface area (Å²) in [7, 11) is 3.23. The molecule has 19 heteroatoms. The summed E-state index contributed by atoms with van der Waals surface area (Å²) in [6.07, 6.45) is 12.1. The second-order valence-electron chi connectivity index (χ2n) is 19.6. The quantitative estimate of drug-likeness (QED) is 0.0634. The maximum atomic E-state index is 14.4. The topological polar surface area (TPSA) is 252 Å². The Kier molecular flexibility index (Phi) is 18.4. The fourth-order valence-electron chi connectivity index (χ4n) is 10.4. The molecule has 0 radical (unpaired) electrons. The average Bonchev–Trinajstić information content (AvgIpc) is 4.04. The van der Waals surface area contributed by atoms with Crippen LogP contribution in [0.3, 0.4) is 0 Å². The molecule has 0 spiro atoms. The number of rotatable bonds is 19. The molecule has 8 N–H and O–H groups in total. The molecule has 2 aromatic carbocycles. The maximum Gasteiger partial charge on any atom is 0.270 e. The number of aryl methyl sites for hydroxylation is 2. The van der Waals surface area contributed by atoms with E-state index in [-0.39, 0.29) is 62.2 Å². The van der Waals surface area contributed by atoms with Crippen molar-refractivity contribution in [3.05, 3.63) is 113 Å². The van der Waals surface area contributed by atoms with Crippen LogP contribution in [0.5, 0.6) is 0 Å². The molecule has 3 heterocycles. The first kappa shape index (κ1) is 54.3. The van der Waals surface area contributed by atoms with Gasteiger partial charge in [-0.25, -0.2) is 4.98 Å². The summed E-state index contributed by atoms with van der Waals surface area (Å²) in [5.74, 6) is -1.64. The van der Waals surface area contributed by atoms with E-state index in [0.29, 0.717) is 12.8 Å². The minimum atomic E-state index is -1.15. The Morgan fingerprint density at radius 2 is 1.11 bits per heavy atom. The highest BCUT2D eigenvalue weighted by Gasteiger charge is 2.45. The first-order chi connectivity index (χ1) is 35.6. The van der Waals surface area contributed by atoms with Crippen molar-refractivity contribution >= 4 is 47.3 Å². The molecular formula is C55H69N11O8. The normalized spacial score (nSPS) is 22.5. The van der Waals surface area contributed by atoms with Crippen molar-refractivity contribution in [1.29, 1.82) is 0 Å². The van der Waals surface area contributed by atoms with Gasteiger partial charge in [0.25, 0.3) is 11.8 Å². The first-order valence-corrected chi connectivity index (χ1v) is 25.6. The molecule has 2 aliphatic carbocycles. The lowest BCUT2D eigenvalue weighted by Gasteiger charge is -2.31. The number of fused-ring (bicyclic) bond motifs is 2. The molecule has 10 atom stereocenters. The zero-order chi connectivity index (χ0) is 53.1. The second-order valence-corrected chi connectivity index (χ2v) is 19.6. The van der Waals surface area contributed by atoms with E-state index in [1.807, 2.05) is 48.5 Å². The number of likely N-dealkylation sites (tertiary alicyclic amines) is 2. The smallest absolute Gasteiger partial charge is 0.270 e. The average molecular weight is 1010 g/mol. The molecule has 7 rings (SSSR count). The van der Waals surface area contributed by atoms with Gasteiger partial charge in [-0.05, 0) is 120 Å². The van der Waals surface area contributed by atoms with Crippen LogP contribution in [-0.2, 0) is 41.6 Å². The Morgan fingerprint density at radius 3 is 1.55 bits per heavy atom. The van der Waals surface area contributed by atoms with Gasteiger partial charge < -0.3 is 52.3 Å². The number of nitrogens with zero attached hydrogens (tertiary/aromatic N) is 3. The highest BCUT2D eigenvalue weighted by Crippen LogP contribution is 2.32. The van der Waals surface area contributed by atoms with E-state index in [4.69, 9.17) is 6.42 Å². The monoisotopic (exact) mass is 1010 g/mol. The highest BCUT2D eigenvalue weighted by molar-refractivity contribution is 5.98. The Labute approximate surface area is 432 Å². The van der Waals surface area contributed by atoms with E-state index >= 15 is 0 Å². The van der Waals surface area contributed by atoms with Gasteiger partial charge in [-0.15, -0.1) is 18.9 Å². The lowest BCUT2D eigenvalue weighted by molar-refractivity contribution is -0.141. The molecule has 392 valence electrons. The largest absolute Gasteiger partial charge is 0.347 e. The van der Waals surface area contributed by atoms with Crippen LogP contribution in [0.25, 0.3) is 0 Å². The molecule has 2 fully saturated rings. The van der Waals surface area contributed by atoms with E-state index in [1.54, 1.807) is 27.9 Å². The number of hydrogen-bond acceptors (Lipinski definition) is 11. The third-order valence-corrected chi connectivity index (χ3v) is 14.6. The molecule has 3 aromatic rings. The highest BCUT2D eigenvalue weighted by atomic mass is 16.2. The SMILES string of the molecule is C#CC[C@H](NC(=O)[C@H](C)NC)C(=O)N1C[C@@H](NC(=O)c2cccc(C(=O)N[C@H]3C[C@@H](C(=O)N[C@@H]4CCCc5ccccc54)N(C(=O)[C@H](CC=C)NC(=O)[C@H](C)NC)C3)n2)C[C@H]1C(=O)N[C@@H]1CCCc2ccccc21. The molecule has 1 aromatic heterocycles. The number of carbonyl (C=O) groups excluding carboxylic acids is 8. The van der Waals surface area contributed by atoms with Gasteiger partial charge in [0.1, 0.15) is 35.6 Å². The number of terminal acetylenes is 1. The molecular weight excluding hydrogens is 943 g/mol. The van der Waals surface area contributed by atoms with Crippen LogP contribution in [0.4, 0.5) is 0 Å². The second kappa shape index (κ2) is 25.0. The molecule has 0 bridgehead atoms. The molecule has 0 unspecified atom stereocenters. The fourth-order valence-corrected chi connectivity index (χ4v) is 10.4. The molecule has 19 nitrogen and oxygen atoms in total. The number of nitrogens with one attached hydrogen (secondary N) is 8. The minimum Gasteiger partial charge on any atom is -0.347 e. The van der Waals surface area contributed by atoms with Crippen molar-refractivity contribution in [1.82, 2.24) is 57.3 Å². The number of aromatic nitrogens is 1. The van der Waals surface area contributed by atoms with Gasteiger partial charge in [0.15, 0.2) is 0 Å². The van der Waals surface area contributed by atoms with Crippen molar-refractivity contribution in [2.24, 2.45) is 0 Å². The number of amides is 8. The van der Waals surface area contributed by atoms with Crippen molar-refractivity contribution in [2.75, 3.05) is 27.2 Å². The Balaban J connectivity index is 1.07. The predicted octanol–water partition coefficient (Wildman–Crippen LogP) is 1.65. The summed E-state index contributed by atoms with van der Waals surface area (Å²) in [6.45, 7) is 6.93. The zero-order valence-corrected chi connectivity index (χ0v) is 42.6. The van der Waals surface area contributed by atoms with Crippen molar-refractivity contribution in [3.63, 3.8) is 0 Å². The lowest BCUT2D eigenvalue weighted by atomic mass is 9.87. The maximum absolute atomic E-state index is 14.4. The third kappa shape index (κ3) is 12.8. The molecule has 2 saturated heterocycles. The summed E-state index contributed by atoms with van der Waals surface area (Å²) in [4.78, 5) is 118. The van der Waals surface area contributed by atoms with E-state index in [9.17, 15) is 38.4 Å². The zero-order valence-electron chi connectivity index (χ0n) is 42.6. The number of benzene rings is 2. The summed E-state index contributed by atoms with van der Waals surface area (Å²) in [5, 5.41) is 23.4. The van der Waals surface area contributed by atoms with Gasteiger partial charge in [0.2, 0.25) is 35.4 Å². The number of hydrogen-bond donors (Lipinski definition) is 8. The van der Waals surface area contributed by atoms with Crippen LogP contribution in [-0.4, -0.2) is 138 Å². The summed E-state index contributed by atoms with van der Waals surface area (Å²) in [6, 6.07) is 12.7. The predicted molar refractivity (Wildman–Crippen MR) is 277 cm³/mol. The standard InChI is InChI=1S/C55H69N11O8/c1-7-16-44(63-48(67)32(3)56-5)54(73)65-30-36(28-46(65)52(71)61-40-24-13-20-34-18-9-11-22-38(34)40)58-50(69)42-26-15-27-43(60-42)51(70)59-37-29-47(53(72)62-41-25-14-21-35-19-10-12-23-39(35)41)66(31-37)55(74)45(17-8-2)64-49(68)33(4)57-6/h1,8-12,15,18-19,22-23,26-27,32-33,36-37,40-41,44-47,56-57H,2,13-14,16-17,20-21,24-25,28-31H2,3-6H3,(H,58,69)(H,59,70)(H,61,71)(H,62,72)(H,63,67)(H,64,68)/t32-,33-,36-,37-,40+,41+,44-,45-,46-,47-/m0/s1. The number of pyridine rings is 1. The van der Waals surface area contributed by atoms with Crippen LogP contribution in [0, 0.1) is 12.3 Å². The summed E-state index contributed by atoms with van der Waals surface area (Å²) in [5.41, 5.74) is 4.06. The van der Waals surface area contributed by atoms with Crippen LogP contribution in [0.2, 0.25) is 0 Å². The van der Waals surface area contributed by atoms with Crippen LogP contribution in [0.15, 0.2) is 79.4 Å². The molecule has 2 aliphatic heterocycles. The summed E-state index contributed by atoms with van der Waals surface area (Å²) < 4.78 is 0. The molecule has 4 aliphatic rings. The third-order valence-electron chi connectivity index (χ3n) is 14.6. The van der Waals surface area contributed by atoms with E-state index in [2.05, 4.69) is 60.0 Å². The summed E-state index contributed by atoms with van der Waals surface area (Å²) >= 11 is 0. The van der Waals surface area contributed by atoms with E-state index in [0.717, 1.165) is 47.9 Å². The van der Waals surface area contributed by atoms with E-state index in [1.165, 1.54) is 34.1 Å². The van der Waals surface area contributed by atoms with Crippen molar-refractivity contribution in [3.8, 4) is 12.3 Å². The Hall–Kier alpha value is -7.43. The van der Waals surface area contributed by atoms with Crippen LogP contribution in [0.1, 0.15) is 121 Å². The van der Waals surface area contributed by atoms with Crippen molar-refractivity contribution in [2.45, 2.75) is 138 Å². The van der Waals surface area contributed by atoms with Gasteiger partial charge in [-0.1, -0.05) is 60.7 Å². The van der Waals surface area contributed by atoms with Crippen LogP contribution >= 0.6 is 0 Å². The molecule has 8 amide bonds. The van der Waals surface area contributed by atoms with Gasteiger partial charge in [0.05, 0.1) is 24.2 Å². The first-order valence-electron chi connectivity index (χ1n) is 25.6. The van der Waals surface area contributed by atoms with Gasteiger partial charge in [0, 0.05) is 31.6 Å². The lowest BCUT2D eigenvalue weighted by Crippen LogP contribution is -2.55. The Bertz CT molecular complexity index is 2650. The minimum absolute atomic E-state index is 0.0340. The van der Waals surface area contributed by atoms with E-state index < -0.39 is 95.6 Å². The van der Waals surface area contributed by atoms with Crippen LogP contribution < -0.4 is 42.5 Å². The van der Waals surface area contributed by atoms with Gasteiger partial charge in [-0.2, -0.15) is 0 Å². The molecule has 74 heavy (non-hydrogen) atoms. The number of carbonyl (C=O) groups is 8. The van der Waals surface area contributed by atoms with Gasteiger partial charge >= 0.3 is 0 Å². The molecule has 0 saturated carbocycles.